The van der Waals surface area contributed by atoms with Crippen LogP contribution in [0.4, 0.5) is 11.5 Å². The second-order valence-electron chi connectivity index (χ2n) is 3.16. The molecule has 1 aromatic heterocycles. The highest BCUT2D eigenvalue weighted by Crippen LogP contribution is 2.18. The zero-order valence-corrected chi connectivity index (χ0v) is 8.95. The van der Waals surface area contributed by atoms with Crippen LogP contribution in [0.1, 0.15) is 10.4 Å². The molecule has 0 fully saturated rings. The number of hydrogen-bond donors (Lipinski definition) is 3. The molecule has 2 aromatic rings. The Hall–Kier alpha value is -2.01. The number of nitrogens with two attached hydrogens (primary N) is 1. The molecule has 5 nitrogen and oxygen atoms in total. The number of amides is 1. The monoisotopic (exact) mass is 236 g/mol. The number of H-pyrrole nitrogens is 1. The first-order valence-corrected chi connectivity index (χ1v) is 4.90. The summed E-state index contributed by atoms with van der Waals surface area (Å²) in [5, 5.41) is 9.40. The van der Waals surface area contributed by atoms with E-state index in [2.05, 4.69) is 15.5 Å². The summed E-state index contributed by atoms with van der Waals surface area (Å²) in [4.78, 5) is 11.8. The molecule has 0 saturated carbocycles. The number of carbonyl (C=O) groups excluding carboxylic acids is 1. The topological polar surface area (TPSA) is 83.8 Å². The molecular formula is C10H9ClN4O. The number of aromatic nitrogens is 2. The summed E-state index contributed by atoms with van der Waals surface area (Å²) in [6.07, 6.45) is 1.54. The van der Waals surface area contributed by atoms with Crippen LogP contribution >= 0.6 is 11.6 Å². The molecule has 6 heteroatoms. The average Bonchev–Trinajstić information content (AvgIpc) is 2.74. The van der Waals surface area contributed by atoms with Crippen LogP contribution in [0.5, 0.6) is 0 Å². The van der Waals surface area contributed by atoms with E-state index in [1.807, 2.05) is 0 Å². The summed E-state index contributed by atoms with van der Waals surface area (Å²) in [6.45, 7) is 0. The van der Waals surface area contributed by atoms with Crippen molar-refractivity contribution >= 4 is 29.0 Å². The predicted octanol–water partition coefficient (Wildman–Crippen LogP) is 1.90. The first-order chi connectivity index (χ1) is 7.66. The van der Waals surface area contributed by atoms with Crippen molar-refractivity contribution in [3.05, 3.63) is 41.0 Å². The Morgan fingerprint density at radius 1 is 1.44 bits per heavy atom. The third kappa shape index (κ3) is 2.14. The van der Waals surface area contributed by atoms with Crippen molar-refractivity contribution in [2.75, 3.05) is 11.1 Å². The van der Waals surface area contributed by atoms with Gasteiger partial charge in [-0.1, -0.05) is 11.6 Å². The van der Waals surface area contributed by atoms with Crippen molar-refractivity contribution in [2.45, 2.75) is 0 Å². The molecule has 4 N–H and O–H groups in total. The lowest BCUT2D eigenvalue weighted by molar-refractivity contribution is 0.102. The Kier molecular flexibility index (Phi) is 2.78. The van der Waals surface area contributed by atoms with Crippen LogP contribution in [-0.4, -0.2) is 16.1 Å². The molecule has 0 unspecified atom stereocenters. The van der Waals surface area contributed by atoms with Crippen LogP contribution < -0.4 is 11.1 Å². The molecule has 0 aliphatic carbocycles. The minimum atomic E-state index is -0.329. The molecule has 2 rings (SSSR count). The van der Waals surface area contributed by atoms with Gasteiger partial charge in [0.15, 0.2) is 0 Å². The number of halogens is 1. The van der Waals surface area contributed by atoms with Gasteiger partial charge >= 0.3 is 0 Å². The molecule has 0 aliphatic rings. The molecule has 0 atom stereocenters. The minimum absolute atomic E-state index is 0.329. The molecule has 1 aromatic carbocycles. The lowest BCUT2D eigenvalue weighted by Gasteiger charge is -2.05. The standard InChI is InChI=1S/C10H9ClN4O/c11-6-1-2-8(12)7(5-6)10(16)14-9-3-4-13-15-9/h1-5H,12H2,(H2,13,14,15,16). The lowest BCUT2D eigenvalue weighted by atomic mass is 10.1. The zero-order chi connectivity index (χ0) is 11.5. The number of benzene rings is 1. The highest BCUT2D eigenvalue weighted by molar-refractivity contribution is 6.31. The molecule has 0 spiro atoms. The van der Waals surface area contributed by atoms with Gasteiger partial charge in [0, 0.05) is 16.8 Å². The summed E-state index contributed by atoms with van der Waals surface area (Å²) < 4.78 is 0. The first kappa shape index (κ1) is 10.5. The maximum atomic E-state index is 11.8. The zero-order valence-electron chi connectivity index (χ0n) is 8.20. The number of anilines is 2. The van der Waals surface area contributed by atoms with Crippen LogP contribution in [0.2, 0.25) is 5.02 Å². The fourth-order valence-electron chi connectivity index (χ4n) is 1.24. The summed E-state index contributed by atoms with van der Waals surface area (Å²) in [5.74, 6) is 0.175. The van der Waals surface area contributed by atoms with Gasteiger partial charge in [-0.15, -0.1) is 0 Å². The molecule has 0 saturated heterocycles. The second kappa shape index (κ2) is 4.24. The van der Waals surface area contributed by atoms with E-state index in [4.69, 9.17) is 17.3 Å². The lowest BCUT2D eigenvalue weighted by Crippen LogP contribution is -2.14. The third-order valence-electron chi connectivity index (χ3n) is 2.01. The number of hydrogen-bond acceptors (Lipinski definition) is 3. The maximum Gasteiger partial charge on any atom is 0.258 e. The van der Waals surface area contributed by atoms with Crippen molar-refractivity contribution in [2.24, 2.45) is 0 Å². The second-order valence-corrected chi connectivity index (χ2v) is 3.59. The highest BCUT2D eigenvalue weighted by Gasteiger charge is 2.10. The average molecular weight is 237 g/mol. The Bertz CT molecular complexity index is 510. The Balaban J connectivity index is 2.24. The SMILES string of the molecule is Nc1ccc(Cl)cc1C(=O)Nc1ccn[nH]1. The first-order valence-electron chi connectivity index (χ1n) is 4.52. The van der Waals surface area contributed by atoms with Crippen LogP contribution in [0.15, 0.2) is 30.5 Å². The van der Waals surface area contributed by atoms with Crippen molar-refractivity contribution in [3.8, 4) is 0 Å². The van der Waals surface area contributed by atoms with E-state index in [0.717, 1.165) is 0 Å². The smallest absolute Gasteiger partial charge is 0.258 e. The number of nitrogen functional groups attached to an aromatic ring is 1. The van der Waals surface area contributed by atoms with E-state index in [9.17, 15) is 4.79 Å². The summed E-state index contributed by atoms with van der Waals surface area (Å²) in [6, 6.07) is 6.37. The van der Waals surface area contributed by atoms with E-state index in [0.29, 0.717) is 22.1 Å². The minimum Gasteiger partial charge on any atom is -0.398 e. The van der Waals surface area contributed by atoms with E-state index >= 15 is 0 Å². The summed E-state index contributed by atoms with van der Waals surface area (Å²) in [7, 11) is 0. The molecular weight excluding hydrogens is 228 g/mol. The van der Waals surface area contributed by atoms with Gasteiger partial charge in [-0.05, 0) is 18.2 Å². The number of carbonyl (C=O) groups is 1. The number of aromatic amines is 1. The molecule has 82 valence electrons. The third-order valence-corrected chi connectivity index (χ3v) is 2.24. The van der Waals surface area contributed by atoms with Gasteiger partial charge in [0.25, 0.3) is 5.91 Å². The van der Waals surface area contributed by atoms with Gasteiger partial charge in [0.2, 0.25) is 0 Å². The maximum absolute atomic E-state index is 11.8. The van der Waals surface area contributed by atoms with E-state index < -0.39 is 0 Å². The molecule has 0 aliphatic heterocycles. The van der Waals surface area contributed by atoms with Crippen molar-refractivity contribution in [1.29, 1.82) is 0 Å². The molecule has 1 heterocycles. The summed E-state index contributed by atoms with van der Waals surface area (Å²) in [5.41, 5.74) is 6.39. The molecule has 1 amide bonds. The number of nitrogens with zero attached hydrogens (tertiary/aromatic N) is 1. The van der Waals surface area contributed by atoms with Crippen LogP contribution in [0, 0.1) is 0 Å². The number of rotatable bonds is 2. The molecule has 16 heavy (non-hydrogen) atoms. The van der Waals surface area contributed by atoms with Crippen molar-refractivity contribution in [3.63, 3.8) is 0 Å². The van der Waals surface area contributed by atoms with Crippen LogP contribution in [0.25, 0.3) is 0 Å². The fraction of sp³-hybridized carbons (Fsp3) is 0. The Labute approximate surface area is 96.6 Å². The predicted molar refractivity (Wildman–Crippen MR) is 62.4 cm³/mol. The Morgan fingerprint density at radius 2 is 2.25 bits per heavy atom. The van der Waals surface area contributed by atoms with Crippen LogP contribution in [0.3, 0.4) is 0 Å². The van der Waals surface area contributed by atoms with Crippen LogP contribution in [-0.2, 0) is 0 Å². The van der Waals surface area contributed by atoms with Gasteiger partial charge in [0.1, 0.15) is 5.82 Å². The van der Waals surface area contributed by atoms with Gasteiger partial charge in [-0.2, -0.15) is 5.10 Å². The van der Waals surface area contributed by atoms with Crippen molar-refractivity contribution < 1.29 is 4.79 Å². The highest BCUT2D eigenvalue weighted by atomic mass is 35.5. The summed E-state index contributed by atoms with van der Waals surface area (Å²) >= 11 is 5.79. The van der Waals surface area contributed by atoms with Gasteiger partial charge in [-0.25, -0.2) is 0 Å². The fourth-order valence-corrected chi connectivity index (χ4v) is 1.41. The largest absolute Gasteiger partial charge is 0.398 e. The van der Waals surface area contributed by atoms with Gasteiger partial charge in [-0.3, -0.25) is 9.89 Å². The van der Waals surface area contributed by atoms with E-state index in [1.165, 1.54) is 12.3 Å². The quantitative estimate of drug-likeness (QED) is 0.697. The van der Waals surface area contributed by atoms with E-state index in [-0.39, 0.29) is 5.91 Å². The van der Waals surface area contributed by atoms with E-state index in [1.54, 1.807) is 18.2 Å². The number of nitrogens with one attached hydrogen (secondary N) is 2. The molecule has 0 bridgehead atoms. The normalized spacial score (nSPS) is 10.1. The van der Waals surface area contributed by atoms with Gasteiger partial charge in [0.05, 0.1) is 11.8 Å². The Morgan fingerprint density at radius 3 is 2.94 bits per heavy atom. The van der Waals surface area contributed by atoms with Crippen molar-refractivity contribution in [1.82, 2.24) is 10.2 Å². The van der Waals surface area contributed by atoms with Gasteiger partial charge < -0.3 is 11.1 Å². The molecule has 0 radical (unpaired) electrons.